The number of benzene rings is 1. The minimum atomic E-state index is 0.0349. The molecule has 0 saturated heterocycles. The molecular weight excluding hydrogens is 270 g/mol. The summed E-state index contributed by atoms with van der Waals surface area (Å²) in [6.45, 7) is 5.51. The molecule has 1 aromatic carbocycles. The first-order valence-electron chi connectivity index (χ1n) is 5.45. The molecule has 3 nitrogen and oxygen atoms in total. The van der Waals surface area contributed by atoms with Crippen LogP contribution in [0.1, 0.15) is 25.5 Å². The number of ether oxygens (including phenoxy) is 1. The number of hydrogen-bond acceptors (Lipinski definition) is 3. The first-order chi connectivity index (χ1) is 7.69. The predicted octanol–water partition coefficient (Wildman–Crippen LogP) is 2.49. The van der Waals surface area contributed by atoms with Gasteiger partial charge in [0.25, 0.3) is 0 Å². The maximum atomic E-state index is 8.66. The highest BCUT2D eigenvalue weighted by atomic mass is 79.9. The highest BCUT2D eigenvalue weighted by Gasteiger charge is 2.08. The first-order valence-corrected chi connectivity index (χ1v) is 6.24. The van der Waals surface area contributed by atoms with E-state index in [1.165, 1.54) is 5.56 Å². The number of aliphatic hydroxyl groups is 1. The van der Waals surface area contributed by atoms with Gasteiger partial charge >= 0.3 is 0 Å². The third-order valence-electron chi connectivity index (χ3n) is 2.31. The van der Waals surface area contributed by atoms with Gasteiger partial charge in [0.15, 0.2) is 0 Å². The lowest BCUT2D eigenvalue weighted by Crippen LogP contribution is -2.18. The molecule has 2 N–H and O–H groups in total. The van der Waals surface area contributed by atoms with Gasteiger partial charge in [0.1, 0.15) is 12.4 Å². The van der Waals surface area contributed by atoms with Crippen LogP contribution in [0.15, 0.2) is 22.7 Å². The summed E-state index contributed by atoms with van der Waals surface area (Å²) in [6, 6.07) is 6.19. The Labute approximate surface area is 105 Å². The predicted molar refractivity (Wildman–Crippen MR) is 68.8 cm³/mol. The summed E-state index contributed by atoms with van der Waals surface area (Å²) in [6.07, 6.45) is 0. The lowest BCUT2D eigenvalue weighted by molar-refractivity contribution is 0.201. The summed E-state index contributed by atoms with van der Waals surface area (Å²) >= 11 is 3.53. The molecule has 90 valence electrons. The number of nitrogens with one attached hydrogen (secondary N) is 1. The van der Waals surface area contributed by atoms with Crippen molar-refractivity contribution >= 4 is 15.9 Å². The molecule has 0 heterocycles. The van der Waals surface area contributed by atoms with Crippen LogP contribution in [0.2, 0.25) is 0 Å². The average Bonchev–Trinajstić information content (AvgIpc) is 2.26. The van der Waals surface area contributed by atoms with E-state index in [2.05, 4.69) is 35.1 Å². The van der Waals surface area contributed by atoms with E-state index in [9.17, 15) is 0 Å². The minimum absolute atomic E-state index is 0.0349. The Balaban J connectivity index is 2.74. The van der Waals surface area contributed by atoms with E-state index in [1.807, 2.05) is 18.2 Å². The van der Waals surface area contributed by atoms with Crippen LogP contribution in [0.4, 0.5) is 0 Å². The first kappa shape index (κ1) is 13.5. The summed E-state index contributed by atoms with van der Waals surface area (Å²) in [4.78, 5) is 0. The second kappa shape index (κ2) is 6.89. The third kappa shape index (κ3) is 3.77. The third-order valence-corrected chi connectivity index (χ3v) is 3.00. The molecular formula is C12H18BrNO2. The molecule has 0 saturated carbocycles. The summed E-state index contributed by atoms with van der Waals surface area (Å²) in [7, 11) is 0. The minimum Gasteiger partial charge on any atom is -0.491 e. The van der Waals surface area contributed by atoms with Gasteiger partial charge in [-0.25, -0.2) is 0 Å². The molecule has 1 aromatic rings. The van der Waals surface area contributed by atoms with Crippen LogP contribution < -0.4 is 10.1 Å². The summed E-state index contributed by atoms with van der Waals surface area (Å²) < 4.78 is 6.35. The highest BCUT2D eigenvalue weighted by Crippen LogP contribution is 2.27. The molecule has 0 bridgehead atoms. The maximum absolute atomic E-state index is 8.66. The van der Waals surface area contributed by atoms with E-state index in [4.69, 9.17) is 9.84 Å². The lowest BCUT2D eigenvalue weighted by atomic mass is 10.1. The fraction of sp³-hybridized carbons (Fsp3) is 0.500. The van der Waals surface area contributed by atoms with Crippen molar-refractivity contribution in [2.24, 2.45) is 0 Å². The molecule has 0 radical (unpaired) electrons. The smallest absolute Gasteiger partial charge is 0.120 e. The van der Waals surface area contributed by atoms with Gasteiger partial charge in [-0.15, -0.1) is 0 Å². The molecule has 1 rings (SSSR count). The molecule has 1 atom stereocenters. The second-order valence-corrected chi connectivity index (χ2v) is 4.39. The molecule has 0 spiro atoms. The van der Waals surface area contributed by atoms with Gasteiger partial charge in [0, 0.05) is 10.5 Å². The molecule has 1 unspecified atom stereocenters. The van der Waals surface area contributed by atoms with E-state index in [1.54, 1.807) is 0 Å². The van der Waals surface area contributed by atoms with Crippen LogP contribution >= 0.6 is 15.9 Å². The van der Waals surface area contributed by atoms with Crippen molar-refractivity contribution in [3.05, 3.63) is 28.2 Å². The van der Waals surface area contributed by atoms with Gasteiger partial charge in [-0.3, -0.25) is 0 Å². The topological polar surface area (TPSA) is 41.5 Å². The van der Waals surface area contributed by atoms with Crippen molar-refractivity contribution in [2.75, 3.05) is 19.8 Å². The van der Waals surface area contributed by atoms with Crippen molar-refractivity contribution in [2.45, 2.75) is 19.9 Å². The van der Waals surface area contributed by atoms with E-state index in [0.717, 1.165) is 16.8 Å². The highest BCUT2D eigenvalue weighted by molar-refractivity contribution is 9.10. The molecule has 0 aliphatic rings. The molecule has 0 aromatic heterocycles. The second-order valence-electron chi connectivity index (χ2n) is 3.53. The fourth-order valence-corrected chi connectivity index (χ4v) is 2.23. The van der Waals surface area contributed by atoms with Crippen molar-refractivity contribution in [3.63, 3.8) is 0 Å². The fourth-order valence-electron chi connectivity index (χ4n) is 1.53. The molecule has 4 heteroatoms. The Bertz CT molecular complexity index is 331. The summed E-state index contributed by atoms with van der Waals surface area (Å²) in [5.74, 6) is 0.772. The van der Waals surface area contributed by atoms with E-state index in [-0.39, 0.29) is 6.61 Å². The van der Waals surface area contributed by atoms with Crippen LogP contribution in [0.25, 0.3) is 0 Å². The monoisotopic (exact) mass is 287 g/mol. The van der Waals surface area contributed by atoms with Crippen LogP contribution in [-0.4, -0.2) is 24.9 Å². The van der Waals surface area contributed by atoms with Gasteiger partial charge in [-0.2, -0.15) is 0 Å². The zero-order chi connectivity index (χ0) is 12.0. The van der Waals surface area contributed by atoms with Gasteiger partial charge in [0.2, 0.25) is 0 Å². The van der Waals surface area contributed by atoms with Crippen LogP contribution in [0.5, 0.6) is 5.75 Å². The molecule has 0 aliphatic heterocycles. The Kier molecular flexibility index (Phi) is 5.80. The lowest BCUT2D eigenvalue weighted by Gasteiger charge is -2.15. The number of hydrogen-bond donors (Lipinski definition) is 2. The van der Waals surface area contributed by atoms with Gasteiger partial charge < -0.3 is 15.2 Å². The molecule has 0 aliphatic carbocycles. The normalized spacial score (nSPS) is 12.5. The van der Waals surface area contributed by atoms with E-state index < -0.39 is 0 Å². The Hall–Kier alpha value is -0.580. The number of halogens is 1. The summed E-state index contributed by atoms with van der Waals surface area (Å²) in [5.41, 5.74) is 1.21. The largest absolute Gasteiger partial charge is 0.491 e. The maximum Gasteiger partial charge on any atom is 0.120 e. The molecule has 16 heavy (non-hydrogen) atoms. The molecule has 0 amide bonds. The van der Waals surface area contributed by atoms with E-state index >= 15 is 0 Å². The number of rotatable bonds is 6. The zero-order valence-electron chi connectivity index (χ0n) is 9.66. The molecule has 0 fully saturated rings. The van der Waals surface area contributed by atoms with Gasteiger partial charge in [-0.05, 0) is 31.2 Å². The van der Waals surface area contributed by atoms with E-state index in [0.29, 0.717) is 12.6 Å². The van der Waals surface area contributed by atoms with Crippen molar-refractivity contribution < 1.29 is 9.84 Å². The van der Waals surface area contributed by atoms with Gasteiger partial charge in [-0.1, -0.05) is 28.9 Å². The van der Waals surface area contributed by atoms with Crippen LogP contribution in [0.3, 0.4) is 0 Å². The Morgan fingerprint density at radius 3 is 2.81 bits per heavy atom. The van der Waals surface area contributed by atoms with Crippen molar-refractivity contribution in [1.29, 1.82) is 0 Å². The average molecular weight is 288 g/mol. The Morgan fingerprint density at radius 1 is 1.50 bits per heavy atom. The zero-order valence-corrected chi connectivity index (χ0v) is 11.3. The van der Waals surface area contributed by atoms with Crippen molar-refractivity contribution in [1.82, 2.24) is 5.32 Å². The number of aliphatic hydroxyl groups excluding tert-OH is 1. The quantitative estimate of drug-likeness (QED) is 0.845. The SMILES string of the molecule is CCNC(C)c1ccc(OCCO)cc1Br. The van der Waals surface area contributed by atoms with Crippen LogP contribution in [0, 0.1) is 0 Å². The summed E-state index contributed by atoms with van der Waals surface area (Å²) in [5, 5.41) is 12.0. The Morgan fingerprint density at radius 2 is 2.25 bits per heavy atom. The van der Waals surface area contributed by atoms with Crippen LogP contribution in [-0.2, 0) is 0 Å². The van der Waals surface area contributed by atoms with Gasteiger partial charge in [0.05, 0.1) is 6.61 Å². The standard InChI is InChI=1S/C12H18BrNO2/c1-3-14-9(2)11-5-4-10(8-12(11)13)16-7-6-15/h4-5,8-9,14-15H,3,6-7H2,1-2H3. The van der Waals surface area contributed by atoms with Crippen molar-refractivity contribution in [3.8, 4) is 5.75 Å².